The molecule has 0 saturated heterocycles. The summed E-state index contributed by atoms with van der Waals surface area (Å²) in [4.78, 5) is 3.90. The van der Waals surface area contributed by atoms with Gasteiger partial charge in [-0.25, -0.2) is 9.37 Å². The van der Waals surface area contributed by atoms with Crippen molar-refractivity contribution in [1.82, 2.24) is 9.55 Å². The van der Waals surface area contributed by atoms with Crippen molar-refractivity contribution in [2.45, 2.75) is 6.54 Å². The molecule has 1 heterocycles. The van der Waals surface area contributed by atoms with Crippen LogP contribution in [-0.4, -0.2) is 9.55 Å². The first-order chi connectivity index (χ1) is 6.75. The Morgan fingerprint density at radius 1 is 1.29 bits per heavy atom. The van der Waals surface area contributed by atoms with Crippen LogP contribution in [0.1, 0.15) is 5.56 Å². The topological polar surface area (TPSA) is 43.8 Å². The highest BCUT2D eigenvalue weighted by Crippen LogP contribution is 2.07. The van der Waals surface area contributed by atoms with Crippen LogP contribution in [0.3, 0.4) is 0 Å². The summed E-state index contributed by atoms with van der Waals surface area (Å²) in [6.45, 7) is 0.617. The first-order valence-corrected chi connectivity index (χ1v) is 4.27. The van der Waals surface area contributed by atoms with Crippen molar-refractivity contribution in [3.63, 3.8) is 0 Å². The van der Waals surface area contributed by atoms with Gasteiger partial charge in [0, 0.05) is 12.4 Å². The number of nitrogen functional groups attached to an aromatic ring is 1. The average molecular weight is 191 g/mol. The molecule has 0 fully saturated rings. The third-order valence-electron chi connectivity index (χ3n) is 2.01. The molecular weight excluding hydrogens is 181 g/mol. The van der Waals surface area contributed by atoms with Gasteiger partial charge in [0.05, 0.1) is 6.54 Å². The molecule has 1 aromatic carbocycles. The molecule has 3 nitrogen and oxygen atoms in total. The van der Waals surface area contributed by atoms with Crippen LogP contribution >= 0.6 is 0 Å². The molecule has 0 atom stereocenters. The summed E-state index contributed by atoms with van der Waals surface area (Å²) < 4.78 is 14.4. The Kier molecular flexibility index (Phi) is 2.18. The standard InChI is InChI=1S/C10H10FN3/c11-9-3-1-8(2-4-9)7-14-6-5-13-10(14)12/h1-6H,7H2,(H2,12,13). The molecule has 0 radical (unpaired) electrons. The van der Waals surface area contributed by atoms with Crippen LogP contribution in [0.25, 0.3) is 0 Å². The summed E-state index contributed by atoms with van der Waals surface area (Å²) in [5.74, 6) is 0.238. The van der Waals surface area contributed by atoms with Crippen molar-refractivity contribution in [3.05, 3.63) is 48.0 Å². The summed E-state index contributed by atoms with van der Waals surface area (Å²) >= 11 is 0. The smallest absolute Gasteiger partial charge is 0.200 e. The fourth-order valence-electron chi connectivity index (χ4n) is 1.26. The first-order valence-electron chi connectivity index (χ1n) is 4.27. The molecule has 14 heavy (non-hydrogen) atoms. The minimum atomic E-state index is -0.229. The molecule has 0 bridgehead atoms. The number of rotatable bonds is 2. The number of anilines is 1. The van der Waals surface area contributed by atoms with Crippen LogP contribution in [0.15, 0.2) is 36.7 Å². The van der Waals surface area contributed by atoms with Crippen molar-refractivity contribution in [3.8, 4) is 0 Å². The lowest BCUT2D eigenvalue weighted by atomic mass is 10.2. The molecule has 2 N–H and O–H groups in total. The Bertz CT molecular complexity index is 419. The van der Waals surface area contributed by atoms with E-state index in [1.54, 1.807) is 29.1 Å². The number of hydrogen-bond donors (Lipinski definition) is 1. The zero-order valence-corrected chi connectivity index (χ0v) is 7.52. The predicted octanol–water partition coefficient (Wildman–Crippen LogP) is 1.65. The zero-order chi connectivity index (χ0) is 9.97. The molecule has 0 unspecified atom stereocenters. The van der Waals surface area contributed by atoms with Crippen molar-refractivity contribution in [2.24, 2.45) is 0 Å². The van der Waals surface area contributed by atoms with Gasteiger partial charge in [0.25, 0.3) is 0 Å². The maximum atomic E-state index is 12.6. The molecule has 0 amide bonds. The highest BCUT2D eigenvalue weighted by atomic mass is 19.1. The summed E-state index contributed by atoms with van der Waals surface area (Å²) in [6.07, 6.45) is 3.43. The summed E-state index contributed by atoms with van der Waals surface area (Å²) in [7, 11) is 0. The number of benzene rings is 1. The second-order valence-electron chi connectivity index (χ2n) is 3.04. The lowest BCUT2D eigenvalue weighted by Gasteiger charge is -2.04. The second kappa shape index (κ2) is 3.49. The van der Waals surface area contributed by atoms with Gasteiger partial charge >= 0.3 is 0 Å². The Morgan fingerprint density at radius 2 is 2.00 bits per heavy atom. The minimum absolute atomic E-state index is 0.229. The van der Waals surface area contributed by atoms with E-state index in [2.05, 4.69) is 4.98 Å². The van der Waals surface area contributed by atoms with E-state index in [0.29, 0.717) is 12.5 Å². The Morgan fingerprint density at radius 3 is 2.57 bits per heavy atom. The molecule has 0 spiro atoms. The molecule has 0 saturated carbocycles. The molecule has 0 aliphatic rings. The maximum Gasteiger partial charge on any atom is 0.200 e. The van der Waals surface area contributed by atoms with Crippen LogP contribution in [0.5, 0.6) is 0 Å². The van der Waals surface area contributed by atoms with E-state index in [9.17, 15) is 4.39 Å². The lowest BCUT2D eigenvalue weighted by Crippen LogP contribution is -2.03. The lowest BCUT2D eigenvalue weighted by molar-refractivity contribution is 0.626. The van der Waals surface area contributed by atoms with Crippen molar-refractivity contribution < 1.29 is 4.39 Å². The largest absolute Gasteiger partial charge is 0.369 e. The second-order valence-corrected chi connectivity index (χ2v) is 3.04. The normalized spacial score (nSPS) is 10.4. The van der Waals surface area contributed by atoms with E-state index < -0.39 is 0 Å². The molecule has 2 aromatic rings. The monoisotopic (exact) mass is 191 g/mol. The third kappa shape index (κ3) is 1.74. The van der Waals surface area contributed by atoms with E-state index in [1.807, 2.05) is 0 Å². The summed E-state index contributed by atoms with van der Waals surface area (Å²) in [6, 6.07) is 6.33. The van der Waals surface area contributed by atoms with Crippen LogP contribution in [0, 0.1) is 5.82 Å². The van der Waals surface area contributed by atoms with E-state index in [1.165, 1.54) is 12.1 Å². The van der Waals surface area contributed by atoms with Gasteiger partial charge in [0.15, 0.2) is 5.95 Å². The number of nitrogens with zero attached hydrogens (tertiary/aromatic N) is 2. The molecule has 0 aliphatic heterocycles. The van der Waals surface area contributed by atoms with Crippen LogP contribution in [0.2, 0.25) is 0 Å². The number of nitrogens with two attached hydrogens (primary N) is 1. The number of hydrogen-bond acceptors (Lipinski definition) is 2. The number of aromatic nitrogens is 2. The van der Waals surface area contributed by atoms with Gasteiger partial charge in [-0.2, -0.15) is 0 Å². The van der Waals surface area contributed by atoms with E-state index >= 15 is 0 Å². The van der Waals surface area contributed by atoms with Gasteiger partial charge in [0.1, 0.15) is 5.82 Å². The van der Waals surface area contributed by atoms with Crippen molar-refractivity contribution >= 4 is 5.95 Å². The van der Waals surface area contributed by atoms with E-state index in [4.69, 9.17) is 5.73 Å². The van der Waals surface area contributed by atoms with Crippen LogP contribution < -0.4 is 5.73 Å². The van der Waals surface area contributed by atoms with Gasteiger partial charge in [-0.05, 0) is 17.7 Å². The Labute approximate surface area is 81.0 Å². The Balaban J connectivity index is 2.19. The quantitative estimate of drug-likeness (QED) is 0.784. The fourth-order valence-corrected chi connectivity index (χ4v) is 1.26. The summed E-state index contributed by atoms with van der Waals surface area (Å²) in [5, 5.41) is 0. The highest BCUT2D eigenvalue weighted by Gasteiger charge is 1.98. The highest BCUT2D eigenvalue weighted by molar-refractivity contribution is 5.22. The number of imidazole rings is 1. The molecule has 4 heteroatoms. The average Bonchev–Trinajstić information content (AvgIpc) is 2.56. The number of halogens is 1. The maximum absolute atomic E-state index is 12.6. The molecule has 72 valence electrons. The van der Waals surface area contributed by atoms with E-state index in [-0.39, 0.29) is 5.82 Å². The minimum Gasteiger partial charge on any atom is -0.369 e. The van der Waals surface area contributed by atoms with Crippen LogP contribution in [-0.2, 0) is 6.54 Å². The van der Waals surface area contributed by atoms with Crippen LogP contribution in [0.4, 0.5) is 10.3 Å². The van der Waals surface area contributed by atoms with Gasteiger partial charge in [-0.3, -0.25) is 0 Å². The summed E-state index contributed by atoms with van der Waals surface area (Å²) in [5.41, 5.74) is 6.59. The van der Waals surface area contributed by atoms with E-state index in [0.717, 1.165) is 5.56 Å². The third-order valence-corrected chi connectivity index (χ3v) is 2.01. The molecule has 0 aliphatic carbocycles. The van der Waals surface area contributed by atoms with Crippen molar-refractivity contribution in [1.29, 1.82) is 0 Å². The predicted molar refractivity (Wildman–Crippen MR) is 52.1 cm³/mol. The van der Waals surface area contributed by atoms with Gasteiger partial charge in [-0.1, -0.05) is 12.1 Å². The molecule has 1 aromatic heterocycles. The first kappa shape index (κ1) is 8.74. The molecular formula is C10H10FN3. The fraction of sp³-hybridized carbons (Fsp3) is 0.100. The van der Waals surface area contributed by atoms with Gasteiger partial charge < -0.3 is 10.3 Å². The van der Waals surface area contributed by atoms with Gasteiger partial charge in [0.2, 0.25) is 0 Å². The SMILES string of the molecule is Nc1nccn1Cc1ccc(F)cc1. The zero-order valence-electron chi connectivity index (χ0n) is 7.52. The van der Waals surface area contributed by atoms with Crippen molar-refractivity contribution in [2.75, 3.05) is 5.73 Å². The Hall–Kier alpha value is -1.84. The molecule has 2 rings (SSSR count). The van der Waals surface area contributed by atoms with Gasteiger partial charge in [-0.15, -0.1) is 0 Å².